The number of carbonyl (C=O) groups excluding carboxylic acids is 1. The fourth-order valence-electron chi connectivity index (χ4n) is 2.24. The van der Waals surface area contributed by atoms with Gasteiger partial charge in [-0.15, -0.1) is 0 Å². The summed E-state index contributed by atoms with van der Waals surface area (Å²) in [6, 6.07) is 8.48. The molecule has 2 rings (SSSR count). The first-order valence-electron chi connectivity index (χ1n) is 6.23. The maximum atomic E-state index is 11.7. The Kier molecular flexibility index (Phi) is 4.30. The number of hydrogen-bond donors (Lipinski definition) is 1. The zero-order valence-corrected chi connectivity index (χ0v) is 11.9. The third-order valence-electron chi connectivity index (χ3n) is 3.09. The summed E-state index contributed by atoms with van der Waals surface area (Å²) < 4.78 is 0. The van der Waals surface area contributed by atoms with E-state index in [2.05, 4.69) is 55.9 Å². The number of rotatable bonds is 4. The van der Waals surface area contributed by atoms with E-state index < -0.39 is 0 Å². The van der Waals surface area contributed by atoms with Gasteiger partial charge >= 0.3 is 0 Å². The first-order valence-corrected chi connectivity index (χ1v) is 6.74. The fraction of sp³-hybridized carbons (Fsp3) is 0.500. The molecular formula is C14H20N2OS. The van der Waals surface area contributed by atoms with Crippen molar-refractivity contribution >= 4 is 18.5 Å². The lowest BCUT2D eigenvalue weighted by Gasteiger charge is -2.16. The van der Waals surface area contributed by atoms with E-state index >= 15 is 0 Å². The molecule has 98 valence electrons. The summed E-state index contributed by atoms with van der Waals surface area (Å²) in [6.45, 7) is 2.42. The van der Waals surface area contributed by atoms with E-state index in [0.29, 0.717) is 13.0 Å². The van der Waals surface area contributed by atoms with E-state index in [4.69, 9.17) is 0 Å². The molecule has 4 heteroatoms. The van der Waals surface area contributed by atoms with Crippen LogP contribution in [0.4, 0.5) is 0 Å². The van der Waals surface area contributed by atoms with Gasteiger partial charge in [0, 0.05) is 31.3 Å². The highest BCUT2D eigenvalue weighted by atomic mass is 32.1. The van der Waals surface area contributed by atoms with Crippen LogP contribution in [0.25, 0.3) is 0 Å². The minimum atomic E-state index is 0.200. The lowest BCUT2D eigenvalue weighted by atomic mass is 10.1. The maximum Gasteiger partial charge on any atom is 0.224 e. The number of nitrogens with zero attached hydrogens (tertiary/aromatic N) is 2. The Morgan fingerprint density at radius 1 is 1.28 bits per heavy atom. The Morgan fingerprint density at radius 2 is 1.89 bits per heavy atom. The first-order chi connectivity index (χ1) is 8.54. The van der Waals surface area contributed by atoms with E-state index in [1.807, 2.05) is 4.90 Å². The van der Waals surface area contributed by atoms with E-state index in [9.17, 15) is 4.79 Å². The van der Waals surface area contributed by atoms with E-state index in [1.165, 1.54) is 11.1 Å². The molecule has 0 bridgehead atoms. The molecule has 1 saturated heterocycles. The van der Waals surface area contributed by atoms with Crippen LogP contribution in [-0.4, -0.2) is 41.6 Å². The molecule has 1 fully saturated rings. The first kappa shape index (κ1) is 13.4. The summed E-state index contributed by atoms with van der Waals surface area (Å²) in [6.07, 6.45) is 0.571. The maximum absolute atomic E-state index is 11.7. The topological polar surface area (TPSA) is 23.6 Å². The lowest BCUT2D eigenvalue weighted by Crippen LogP contribution is -2.24. The van der Waals surface area contributed by atoms with Crippen LogP contribution in [0.1, 0.15) is 17.5 Å². The lowest BCUT2D eigenvalue weighted by molar-refractivity contribution is -0.128. The van der Waals surface area contributed by atoms with Crippen molar-refractivity contribution in [3.8, 4) is 0 Å². The third kappa shape index (κ3) is 3.50. The van der Waals surface area contributed by atoms with Gasteiger partial charge < -0.3 is 9.80 Å². The van der Waals surface area contributed by atoms with Crippen molar-refractivity contribution in [2.24, 2.45) is 0 Å². The van der Waals surface area contributed by atoms with Gasteiger partial charge in [-0.25, -0.2) is 0 Å². The fourth-order valence-corrected chi connectivity index (χ4v) is 2.59. The van der Waals surface area contributed by atoms with Crippen LogP contribution in [0.2, 0.25) is 0 Å². The summed E-state index contributed by atoms with van der Waals surface area (Å²) in [5.74, 6) is 0.215. The van der Waals surface area contributed by atoms with Crippen LogP contribution in [0.15, 0.2) is 24.3 Å². The highest BCUT2D eigenvalue weighted by molar-refractivity contribution is 7.81. The van der Waals surface area contributed by atoms with Gasteiger partial charge in [0.2, 0.25) is 5.91 Å². The van der Waals surface area contributed by atoms with Crippen LogP contribution >= 0.6 is 12.6 Å². The minimum absolute atomic E-state index is 0.200. The van der Waals surface area contributed by atoms with Gasteiger partial charge in [0.15, 0.2) is 0 Å². The molecule has 1 aromatic rings. The molecule has 0 N–H and O–H groups in total. The van der Waals surface area contributed by atoms with E-state index in [-0.39, 0.29) is 11.2 Å². The van der Waals surface area contributed by atoms with Crippen LogP contribution in [0.3, 0.4) is 0 Å². The summed E-state index contributed by atoms with van der Waals surface area (Å²) in [5, 5.41) is 0.200. The van der Waals surface area contributed by atoms with Gasteiger partial charge in [0.05, 0.1) is 0 Å². The van der Waals surface area contributed by atoms with Gasteiger partial charge in [-0.3, -0.25) is 4.79 Å². The quantitative estimate of drug-likeness (QED) is 0.838. The number of amides is 1. The predicted molar refractivity (Wildman–Crippen MR) is 76.6 cm³/mol. The van der Waals surface area contributed by atoms with Crippen molar-refractivity contribution in [2.45, 2.75) is 24.8 Å². The van der Waals surface area contributed by atoms with Crippen LogP contribution in [0.5, 0.6) is 0 Å². The second kappa shape index (κ2) is 5.76. The average Bonchev–Trinajstić information content (AvgIpc) is 2.59. The molecule has 18 heavy (non-hydrogen) atoms. The summed E-state index contributed by atoms with van der Waals surface area (Å²) in [5.41, 5.74) is 2.48. The van der Waals surface area contributed by atoms with E-state index in [0.717, 1.165) is 13.1 Å². The zero-order valence-electron chi connectivity index (χ0n) is 11.0. The monoisotopic (exact) mass is 264 g/mol. The summed E-state index contributed by atoms with van der Waals surface area (Å²) in [4.78, 5) is 15.7. The molecule has 1 aliphatic rings. The molecule has 1 unspecified atom stereocenters. The van der Waals surface area contributed by atoms with E-state index in [1.54, 1.807) is 0 Å². The van der Waals surface area contributed by atoms with Crippen LogP contribution < -0.4 is 0 Å². The number of hydrogen-bond acceptors (Lipinski definition) is 3. The Bertz CT molecular complexity index is 416. The molecule has 1 aromatic carbocycles. The van der Waals surface area contributed by atoms with Crippen molar-refractivity contribution in [1.29, 1.82) is 0 Å². The Morgan fingerprint density at radius 3 is 2.39 bits per heavy atom. The third-order valence-corrected chi connectivity index (χ3v) is 3.44. The van der Waals surface area contributed by atoms with Gasteiger partial charge in [-0.2, -0.15) is 12.6 Å². The normalized spacial score (nSPS) is 19.9. The minimum Gasteiger partial charge on any atom is -0.337 e. The molecule has 1 atom stereocenters. The highest BCUT2D eigenvalue weighted by Gasteiger charge is 2.26. The summed E-state index contributed by atoms with van der Waals surface area (Å²) >= 11 is 4.36. The molecule has 0 aromatic heterocycles. The molecule has 1 amide bonds. The molecule has 1 aliphatic heterocycles. The van der Waals surface area contributed by atoms with Crippen LogP contribution in [-0.2, 0) is 17.9 Å². The van der Waals surface area contributed by atoms with Gasteiger partial charge in [0.25, 0.3) is 0 Å². The molecule has 0 spiro atoms. The van der Waals surface area contributed by atoms with Crippen molar-refractivity contribution in [3.05, 3.63) is 35.4 Å². The predicted octanol–water partition coefficient (Wildman–Crippen LogP) is 1.78. The number of carbonyl (C=O) groups is 1. The number of benzene rings is 1. The Labute approximate surface area is 114 Å². The Balaban J connectivity index is 1.96. The largest absolute Gasteiger partial charge is 0.337 e. The second-order valence-corrected chi connectivity index (χ2v) is 5.92. The van der Waals surface area contributed by atoms with Gasteiger partial charge in [-0.05, 0) is 25.2 Å². The van der Waals surface area contributed by atoms with Crippen molar-refractivity contribution in [3.63, 3.8) is 0 Å². The zero-order chi connectivity index (χ0) is 13.1. The van der Waals surface area contributed by atoms with Gasteiger partial charge in [0.1, 0.15) is 0 Å². The molecule has 0 aliphatic carbocycles. The average molecular weight is 264 g/mol. The van der Waals surface area contributed by atoms with Gasteiger partial charge in [-0.1, -0.05) is 24.3 Å². The molecule has 3 nitrogen and oxygen atoms in total. The highest BCUT2D eigenvalue weighted by Crippen LogP contribution is 2.18. The van der Waals surface area contributed by atoms with Crippen molar-refractivity contribution in [2.75, 3.05) is 20.6 Å². The Hall–Kier alpha value is -1.00. The second-order valence-electron chi connectivity index (χ2n) is 5.19. The molecule has 1 heterocycles. The molecule has 0 radical (unpaired) electrons. The van der Waals surface area contributed by atoms with Crippen molar-refractivity contribution < 1.29 is 4.79 Å². The standard InChI is InChI=1S/C14H20N2OS/c1-15(2)8-11-3-5-12(6-4-11)9-16-10-13(18)7-14(16)17/h3-6,13,18H,7-10H2,1-2H3. The van der Waals surface area contributed by atoms with Crippen molar-refractivity contribution in [1.82, 2.24) is 9.80 Å². The SMILES string of the molecule is CN(C)Cc1ccc(CN2CC(S)CC2=O)cc1. The number of likely N-dealkylation sites (tertiary alicyclic amines) is 1. The summed E-state index contributed by atoms with van der Waals surface area (Å²) in [7, 11) is 4.12. The smallest absolute Gasteiger partial charge is 0.224 e. The number of thiol groups is 1. The molecular weight excluding hydrogens is 244 g/mol. The van der Waals surface area contributed by atoms with Crippen LogP contribution in [0, 0.1) is 0 Å². The molecule has 0 saturated carbocycles.